The molecule has 172 valence electrons. The summed E-state index contributed by atoms with van der Waals surface area (Å²) in [6.07, 6.45) is 0. The molecule has 7 nitrogen and oxygen atoms in total. The van der Waals surface area contributed by atoms with Crippen LogP contribution in [-0.2, 0) is 9.59 Å². The summed E-state index contributed by atoms with van der Waals surface area (Å²) < 4.78 is 15.8. The van der Waals surface area contributed by atoms with Crippen LogP contribution >= 0.6 is 11.8 Å². The van der Waals surface area contributed by atoms with Crippen molar-refractivity contribution in [2.24, 2.45) is 0 Å². The maximum Gasteiger partial charge on any atom is 0.266 e. The quantitative estimate of drug-likeness (QED) is 0.313. The number of nitrogens with zero attached hydrogens (tertiary/aromatic N) is 2. The Balaban J connectivity index is 1.64. The molecule has 1 heterocycles. The molecule has 1 unspecified atom stereocenters. The zero-order valence-corrected chi connectivity index (χ0v) is 19.2. The van der Waals surface area contributed by atoms with Crippen LogP contribution in [0.3, 0.4) is 0 Å². The molecule has 4 aromatic rings. The van der Waals surface area contributed by atoms with Gasteiger partial charge in [-0.15, -0.1) is 0 Å². The number of benzene rings is 3. The molecule has 1 aromatic heterocycles. The number of anilines is 2. The van der Waals surface area contributed by atoms with Crippen LogP contribution in [0, 0.1) is 5.82 Å². The zero-order chi connectivity index (χ0) is 24.2. The van der Waals surface area contributed by atoms with Gasteiger partial charge in [0.05, 0.1) is 21.8 Å². The van der Waals surface area contributed by atoms with Crippen LogP contribution in [0.15, 0.2) is 82.7 Å². The summed E-state index contributed by atoms with van der Waals surface area (Å²) >= 11 is 1.06. The van der Waals surface area contributed by atoms with Crippen LogP contribution in [0.1, 0.15) is 13.8 Å². The molecule has 0 saturated carbocycles. The fourth-order valence-electron chi connectivity index (χ4n) is 3.33. The maximum atomic E-state index is 14.6. The van der Waals surface area contributed by atoms with E-state index in [1.54, 1.807) is 67.6 Å². The molecule has 0 radical (unpaired) electrons. The number of aromatic nitrogens is 2. The van der Waals surface area contributed by atoms with E-state index in [4.69, 9.17) is 0 Å². The SMILES string of the molecule is CC(=O)Nc1ccc(NC(=O)C(C)Sc2nc3ccccc3c(=O)n2-c2ccccc2F)cc1. The number of hydrogen-bond donors (Lipinski definition) is 2. The van der Waals surface area contributed by atoms with E-state index in [0.29, 0.717) is 22.3 Å². The molecule has 4 rings (SSSR count). The van der Waals surface area contributed by atoms with E-state index in [1.165, 1.54) is 23.6 Å². The Morgan fingerprint density at radius 2 is 1.56 bits per heavy atom. The predicted molar refractivity (Wildman–Crippen MR) is 132 cm³/mol. The molecule has 34 heavy (non-hydrogen) atoms. The van der Waals surface area contributed by atoms with Gasteiger partial charge in [-0.05, 0) is 55.5 Å². The van der Waals surface area contributed by atoms with Gasteiger partial charge in [-0.3, -0.25) is 19.0 Å². The van der Waals surface area contributed by atoms with E-state index < -0.39 is 16.6 Å². The third-order valence-corrected chi connectivity index (χ3v) is 6.01. The second-order valence-corrected chi connectivity index (χ2v) is 8.82. The number of para-hydroxylation sites is 2. The van der Waals surface area contributed by atoms with E-state index in [2.05, 4.69) is 15.6 Å². The van der Waals surface area contributed by atoms with E-state index in [1.807, 2.05) is 0 Å². The van der Waals surface area contributed by atoms with Gasteiger partial charge in [0.2, 0.25) is 11.8 Å². The Bertz CT molecular complexity index is 1440. The van der Waals surface area contributed by atoms with Gasteiger partial charge >= 0.3 is 0 Å². The van der Waals surface area contributed by atoms with Gasteiger partial charge in [-0.2, -0.15) is 0 Å². The molecule has 3 aromatic carbocycles. The number of halogens is 1. The first-order valence-electron chi connectivity index (χ1n) is 10.5. The van der Waals surface area contributed by atoms with E-state index >= 15 is 0 Å². The van der Waals surface area contributed by atoms with Crippen LogP contribution in [-0.4, -0.2) is 26.6 Å². The third-order valence-electron chi connectivity index (χ3n) is 4.96. The van der Waals surface area contributed by atoms with Crippen molar-refractivity contribution < 1.29 is 14.0 Å². The summed E-state index contributed by atoms with van der Waals surface area (Å²) in [5, 5.41) is 5.37. The summed E-state index contributed by atoms with van der Waals surface area (Å²) in [5.41, 5.74) is 1.27. The van der Waals surface area contributed by atoms with Crippen LogP contribution in [0.2, 0.25) is 0 Å². The highest BCUT2D eigenvalue weighted by Crippen LogP contribution is 2.27. The second-order valence-electron chi connectivity index (χ2n) is 7.51. The number of carbonyl (C=O) groups excluding carboxylic acids is 2. The first kappa shape index (κ1) is 23.2. The Morgan fingerprint density at radius 3 is 2.24 bits per heavy atom. The van der Waals surface area contributed by atoms with Gasteiger partial charge in [0.15, 0.2) is 5.16 Å². The fourth-order valence-corrected chi connectivity index (χ4v) is 4.25. The molecule has 0 aliphatic heterocycles. The molecule has 0 aliphatic rings. The summed E-state index contributed by atoms with van der Waals surface area (Å²) in [6.45, 7) is 3.09. The lowest BCUT2D eigenvalue weighted by Gasteiger charge is -2.17. The Labute approximate surface area is 199 Å². The maximum absolute atomic E-state index is 14.6. The van der Waals surface area contributed by atoms with Crippen LogP contribution in [0.25, 0.3) is 16.6 Å². The lowest BCUT2D eigenvalue weighted by Crippen LogP contribution is -2.26. The highest BCUT2D eigenvalue weighted by molar-refractivity contribution is 8.00. The Morgan fingerprint density at radius 1 is 0.941 bits per heavy atom. The number of carbonyl (C=O) groups is 2. The largest absolute Gasteiger partial charge is 0.326 e. The molecule has 0 fully saturated rings. The fraction of sp³-hybridized carbons (Fsp3) is 0.120. The summed E-state index contributed by atoms with van der Waals surface area (Å²) in [6, 6.07) is 19.5. The van der Waals surface area contributed by atoms with Gasteiger partial charge < -0.3 is 10.6 Å². The van der Waals surface area contributed by atoms with Crippen LogP contribution < -0.4 is 16.2 Å². The lowest BCUT2D eigenvalue weighted by molar-refractivity contribution is -0.115. The molecule has 9 heteroatoms. The molecular weight excluding hydrogens is 455 g/mol. The van der Waals surface area contributed by atoms with Gasteiger partial charge in [0.1, 0.15) is 5.82 Å². The first-order valence-corrected chi connectivity index (χ1v) is 11.3. The van der Waals surface area contributed by atoms with E-state index in [0.717, 1.165) is 11.8 Å². The van der Waals surface area contributed by atoms with Crippen molar-refractivity contribution in [1.82, 2.24) is 9.55 Å². The molecule has 2 N–H and O–H groups in total. The van der Waals surface area contributed by atoms with E-state index in [-0.39, 0.29) is 22.7 Å². The molecule has 0 bridgehead atoms. The number of hydrogen-bond acceptors (Lipinski definition) is 5. The zero-order valence-electron chi connectivity index (χ0n) is 18.4. The van der Waals surface area contributed by atoms with Gasteiger partial charge in [0, 0.05) is 18.3 Å². The lowest BCUT2D eigenvalue weighted by atomic mass is 10.2. The molecule has 1 atom stereocenters. The Kier molecular flexibility index (Phi) is 6.74. The van der Waals surface area contributed by atoms with Crippen molar-refractivity contribution >= 4 is 45.9 Å². The highest BCUT2D eigenvalue weighted by Gasteiger charge is 2.21. The second kappa shape index (κ2) is 9.88. The molecule has 2 amide bonds. The minimum Gasteiger partial charge on any atom is -0.326 e. The van der Waals surface area contributed by atoms with Crippen molar-refractivity contribution in [3.63, 3.8) is 0 Å². The first-order chi connectivity index (χ1) is 16.3. The number of thioether (sulfide) groups is 1. The summed E-state index contributed by atoms with van der Waals surface area (Å²) in [5.74, 6) is -1.08. The number of nitrogens with one attached hydrogen (secondary N) is 2. The van der Waals surface area contributed by atoms with Crippen molar-refractivity contribution in [3.05, 3.63) is 89.0 Å². The van der Waals surface area contributed by atoms with E-state index in [9.17, 15) is 18.8 Å². The van der Waals surface area contributed by atoms with Crippen molar-refractivity contribution in [1.29, 1.82) is 0 Å². The van der Waals surface area contributed by atoms with Gasteiger partial charge in [-0.1, -0.05) is 36.0 Å². The summed E-state index contributed by atoms with van der Waals surface area (Å²) in [7, 11) is 0. The smallest absolute Gasteiger partial charge is 0.266 e. The van der Waals surface area contributed by atoms with Crippen molar-refractivity contribution in [3.8, 4) is 5.69 Å². The average Bonchev–Trinajstić information content (AvgIpc) is 2.81. The highest BCUT2D eigenvalue weighted by atomic mass is 32.2. The minimum absolute atomic E-state index is 0.0643. The van der Waals surface area contributed by atoms with Crippen LogP contribution in [0.5, 0.6) is 0 Å². The topological polar surface area (TPSA) is 93.1 Å². The summed E-state index contributed by atoms with van der Waals surface area (Å²) in [4.78, 5) is 41.8. The standard InChI is InChI=1S/C25H21FN4O3S/c1-15(23(32)28-18-13-11-17(12-14-18)27-16(2)31)34-25-29-21-9-5-3-7-19(21)24(33)30(25)22-10-6-4-8-20(22)26/h3-15H,1-2H3,(H,27,31)(H,28,32). The molecule has 0 aliphatic carbocycles. The predicted octanol–water partition coefficient (Wildman–Crippen LogP) is 4.60. The number of fused-ring (bicyclic) bond motifs is 1. The molecule has 0 saturated heterocycles. The molecular formula is C25H21FN4O3S. The van der Waals surface area contributed by atoms with Gasteiger partial charge in [-0.25, -0.2) is 9.37 Å². The normalized spacial score (nSPS) is 11.7. The minimum atomic E-state index is -0.652. The Hall–Kier alpha value is -3.98. The average molecular weight is 477 g/mol. The third kappa shape index (κ3) is 4.99. The van der Waals surface area contributed by atoms with Gasteiger partial charge in [0.25, 0.3) is 5.56 Å². The van der Waals surface area contributed by atoms with Crippen molar-refractivity contribution in [2.75, 3.05) is 10.6 Å². The number of amides is 2. The number of rotatable bonds is 6. The van der Waals surface area contributed by atoms with Crippen molar-refractivity contribution in [2.45, 2.75) is 24.3 Å². The van der Waals surface area contributed by atoms with Crippen LogP contribution in [0.4, 0.5) is 15.8 Å². The monoisotopic (exact) mass is 476 g/mol. The molecule has 0 spiro atoms.